The third-order valence-electron chi connectivity index (χ3n) is 2.61. The highest BCUT2D eigenvalue weighted by atomic mass is 16.5. The molecular formula is C15H20O3. The number of carbonyl (C=O) groups excluding carboxylic acids is 2. The minimum atomic E-state index is -0.317. The first-order valence-electron chi connectivity index (χ1n) is 6.20. The van der Waals surface area contributed by atoms with Gasteiger partial charge in [0.2, 0.25) is 0 Å². The lowest BCUT2D eigenvalue weighted by Crippen LogP contribution is -2.13. The fourth-order valence-electron chi connectivity index (χ4n) is 1.80. The first-order valence-corrected chi connectivity index (χ1v) is 6.20. The zero-order chi connectivity index (χ0) is 13.7. The molecule has 0 aromatic heterocycles. The number of ether oxygens (including phenoxy) is 1. The summed E-state index contributed by atoms with van der Waals surface area (Å²) in [6, 6.07) is 5.70. The zero-order valence-electron chi connectivity index (χ0n) is 11.4. The van der Waals surface area contributed by atoms with Crippen molar-refractivity contribution < 1.29 is 14.3 Å². The molecule has 0 saturated heterocycles. The highest BCUT2D eigenvalue weighted by molar-refractivity contribution is 5.98. The fourth-order valence-corrected chi connectivity index (χ4v) is 1.80. The summed E-state index contributed by atoms with van der Waals surface area (Å²) in [5, 5.41) is 0. The van der Waals surface area contributed by atoms with Crippen LogP contribution in [0.5, 0.6) is 0 Å². The van der Waals surface area contributed by atoms with E-state index in [0.29, 0.717) is 5.56 Å². The van der Waals surface area contributed by atoms with Gasteiger partial charge >= 0.3 is 5.97 Å². The minimum absolute atomic E-state index is 0.00629. The monoisotopic (exact) mass is 248 g/mol. The van der Waals surface area contributed by atoms with Crippen molar-refractivity contribution in [1.29, 1.82) is 0 Å². The maximum absolute atomic E-state index is 12.0. The van der Waals surface area contributed by atoms with E-state index in [4.69, 9.17) is 4.74 Å². The van der Waals surface area contributed by atoms with Gasteiger partial charge in [0.25, 0.3) is 0 Å². The van der Waals surface area contributed by atoms with Crippen LogP contribution in [-0.4, -0.2) is 17.9 Å². The molecule has 0 unspecified atom stereocenters. The predicted octanol–water partition coefficient (Wildman–Crippen LogP) is 3.22. The second kappa shape index (κ2) is 6.34. The Balaban J connectivity index is 2.58. The summed E-state index contributed by atoms with van der Waals surface area (Å²) in [4.78, 5) is 23.3. The normalized spacial score (nSPS) is 10.5. The Morgan fingerprint density at radius 1 is 1.17 bits per heavy atom. The van der Waals surface area contributed by atoms with Gasteiger partial charge in [-0.25, -0.2) is 0 Å². The molecule has 3 heteroatoms. The standard InChI is InChI=1S/C15H20O3/c1-10(2)18-15(17)8-7-14(16)13-6-5-11(3)9-12(13)4/h5-6,9-10H,7-8H2,1-4H3. The first kappa shape index (κ1) is 14.4. The fraction of sp³-hybridized carbons (Fsp3) is 0.467. The molecular weight excluding hydrogens is 228 g/mol. The smallest absolute Gasteiger partial charge is 0.306 e. The van der Waals surface area contributed by atoms with Crippen LogP contribution in [0.25, 0.3) is 0 Å². The number of aryl methyl sites for hydroxylation is 2. The molecule has 18 heavy (non-hydrogen) atoms. The third kappa shape index (κ3) is 4.32. The molecule has 0 bridgehead atoms. The van der Waals surface area contributed by atoms with Gasteiger partial charge in [-0.2, -0.15) is 0 Å². The molecule has 0 N–H and O–H groups in total. The van der Waals surface area contributed by atoms with Crippen LogP contribution in [0.3, 0.4) is 0 Å². The summed E-state index contributed by atoms with van der Waals surface area (Å²) in [6.45, 7) is 7.49. The van der Waals surface area contributed by atoms with Gasteiger partial charge in [-0.15, -0.1) is 0 Å². The Labute approximate surface area is 108 Å². The van der Waals surface area contributed by atoms with Gasteiger partial charge < -0.3 is 4.74 Å². The number of hydrogen-bond donors (Lipinski definition) is 0. The highest BCUT2D eigenvalue weighted by Gasteiger charge is 2.12. The Hall–Kier alpha value is -1.64. The van der Waals surface area contributed by atoms with Crippen molar-refractivity contribution in [2.75, 3.05) is 0 Å². The van der Waals surface area contributed by atoms with Crippen molar-refractivity contribution in [3.05, 3.63) is 34.9 Å². The molecule has 0 saturated carbocycles. The Morgan fingerprint density at radius 3 is 2.39 bits per heavy atom. The van der Waals surface area contributed by atoms with E-state index in [1.807, 2.05) is 32.0 Å². The van der Waals surface area contributed by atoms with Crippen molar-refractivity contribution in [3.63, 3.8) is 0 Å². The van der Waals surface area contributed by atoms with Crippen LogP contribution >= 0.6 is 0 Å². The van der Waals surface area contributed by atoms with Gasteiger partial charge in [0.15, 0.2) is 5.78 Å². The van der Waals surface area contributed by atoms with E-state index in [1.165, 1.54) is 0 Å². The highest BCUT2D eigenvalue weighted by Crippen LogP contribution is 2.14. The largest absolute Gasteiger partial charge is 0.463 e. The molecule has 1 aromatic carbocycles. The van der Waals surface area contributed by atoms with E-state index in [0.717, 1.165) is 11.1 Å². The van der Waals surface area contributed by atoms with E-state index >= 15 is 0 Å². The van der Waals surface area contributed by atoms with Gasteiger partial charge in [0.05, 0.1) is 12.5 Å². The van der Waals surface area contributed by atoms with Gasteiger partial charge in [-0.05, 0) is 33.3 Å². The van der Waals surface area contributed by atoms with E-state index in [-0.39, 0.29) is 30.7 Å². The summed E-state index contributed by atoms with van der Waals surface area (Å²) < 4.78 is 4.99. The van der Waals surface area contributed by atoms with Gasteiger partial charge in [0.1, 0.15) is 0 Å². The van der Waals surface area contributed by atoms with E-state index < -0.39 is 0 Å². The predicted molar refractivity (Wildman–Crippen MR) is 70.7 cm³/mol. The van der Waals surface area contributed by atoms with Crippen LogP contribution in [0.1, 0.15) is 48.2 Å². The average molecular weight is 248 g/mol. The van der Waals surface area contributed by atoms with Crippen molar-refractivity contribution in [1.82, 2.24) is 0 Å². The van der Waals surface area contributed by atoms with Gasteiger partial charge in [-0.1, -0.05) is 23.8 Å². The molecule has 0 heterocycles. The molecule has 0 aliphatic rings. The molecule has 0 radical (unpaired) electrons. The van der Waals surface area contributed by atoms with Crippen molar-refractivity contribution in [2.45, 2.75) is 46.6 Å². The molecule has 3 nitrogen and oxygen atoms in total. The van der Waals surface area contributed by atoms with Crippen molar-refractivity contribution >= 4 is 11.8 Å². The molecule has 0 fully saturated rings. The van der Waals surface area contributed by atoms with E-state index in [9.17, 15) is 9.59 Å². The second-order valence-electron chi connectivity index (χ2n) is 4.78. The maximum Gasteiger partial charge on any atom is 0.306 e. The third-order valence-corrected chi connectivity index (χ3v) is 2.61. The maximum atomic E-state index is 12.0. The number of rotatable bonds is 5. The second-order valence-corrected chi connectivity index (χ2v) is 4.78. The Morgan fingerprint density at radius 2 is 1.83 bits per heavy atom. The summed E-state index contributed by atoms with van der Waals surface area (Å²) in [7, 11) is 0. The Kier molecular flexibility index (Phi) is 5.08. The van der Waals surface area contributed by atoms with Crippen LogP contribution in [0, 0.1) is 13.8 Å². The Bertz CT molecular complexity index is 447. The molecule has 0 amide bonds. The summed E-state index contributed by atoms with van der Waals surface area (Å²) in [5.74, 6) is -0.323. The number of benzene rings is 1. The molecule has 1 aromatic rings. The zero-order valence-corrected chi connectivity index (χ0v) is 11.4. The lowest BCUT2D eigenvalue weighted by molar-refractivity contribution is -0.147. The van der Waals surface area contributed by atoms with Gasteiger partial charge in [-0.3, -0.25) is 9.59 Å². The molecule has 98 valence electrons. The molecule has 1 rings (SSSR count). The SMILES string of the molecule is Cc1ccc(C(=O)CCC(=O)OC(C)C)c(C)c1. The van der Waals surface area contributed by atoms with Crippen molar-refractivity contribution in [2.24, 2.45) is 0 Å². The van der Waals surface area contributed by atoms with Crippen LogP contribution in [-0.2, 0) is 9.53 Å². The minimum Gasteiger partial charge on any atom is -0.463 e. The van der Waals surface area contributed by atoms with Crippen LogP contribution < -0.4 is 0 Å². The number of esters is 1. The molecule has 0 spiro atoms. The summed E-state index contributed by atoms with van der Waals surface area (Å²) in [6.07, 6.45) is 0.216. The molecule has 0 atom stereocenters. The quantitative estimate of drug-likeness (QED) is 0.593. The molecule has 0 aliphatic heterocycles. The topological polar surface area (TPSA) is 43.4 Å². The summed E-state index contributed by atoms with van der Waals surface area (Å²) in [5.41, 5.74) is 2.78. The van der Waals surface area contributed by atoms with Crippen LogP contribution in [0.2, 0.25) is 0 Å². The van der Waals surface area contributed by atoms with Crippen LogP contribution in [0.15, 0.2) is 18.2 Å². The number of carbonyl (C=O) groups is 2. The van der Waals surface area contributed by atoms with Crippen LogP contribution in [0.4, 0.5) is 0 Å². The van der Waals surface area contributed by atoms with E-state index in [1.54, 1.807) is 13.8 Å². The number of ketones is 1. The number of hydrogen-bond acceptors (Lipinski definition) is 3. The van der Waals surface area contributed by atoms with Gasteiger partial charge in [0, 0.05) is 12.0 Å². The molecule has 0 aliphatic carbocycles. The van der Waals surface area contributed by atoms with E-state index in [2.05, 4.69) is 0 Å². The lowest BCUT2D eigenvalue weighted by Gasteiger charge is -2.08. The number of Topliss-reactive ketones (excluding diaryl/α,β-unsaturated/α-hetero) is 1. The lowest BCUT2D eigenvalue weighted by atomic mass is 10.00. The average Bonchev–Trinajstić information content (AvgIpc) is 2.25. The summed E-state index contributed by atoms with van der Waals surface area (Å²) >= 11 is 0. The van der Waals surface area contributed by atoms with Crippen molar-refractivity contribution in [3.8, 4) is 0 Å². The first-order chi connectivity index (χ1) is 8.40.